The number of rotatable bonds is 3. The van der Waals surface area contributed by atoms with Crippen LogP contribution < -0.4 is 4.74 Å². The molecule has 7 heteroatoms. The number of hydrogen-bond acceptors (Lipinski definition) is 2. The second kappa shape index (κ2) is 5.27. The summed E-state index contributed by atoms with van der Waals surface area (Å²) < 4.78 is 42.9. The van der Waals surface area contributed by atoms with E-state index < -0.39 is 23.1 Å². The molecule has 0 N–H and O–H groups in total. The van der Waals surface area contributed by atoms with Crippen LogP contribution in [0.15, 0.2) is 12.1 Å². The highest BCUT2D eigenvalue weighted by Gasteiger charge is 2.36. The molecular weight excluding hydrogens is 324 g/mol. The van der Waals surface area contributed by atoms with Crippen molar-refractivity contribution in [3.8, 4) is 5.75 Å². The van der Waals surface area contributed by atoms with Crippen molar-refractivity contribution in [1.82, 2.24) is 0 Å². The van der Waals surface area contributed by atoms with Crippen LogP contribution in [0.5, 0.6) is 5.75 Å². The third-order valence-electron chi connectivity index (χ3n) is 2.02. The van der Waals surface area contributed by atoms with Gasteiger partial charge < -0.3 is 4.74 Å². The Kier molecular flexibility index (Phi) is 4.43. The van der Waals surface area contributed by atoms with Crippen LogP contribution in [0.3, 0.4) is 0 Å². The van der Waals surface area contributed by atoms with E-state index in [-0.39, 0.29) is 16.1 Å². The highest BCUT2D eigenvalue weighted by Crippen LogP contribution is 2.38. The quantitative estimate of drug-likeness (QED) is 0.619. The number of alkyl halides is 4. The summed E-state index contributed by atoms with van der Waals surface area (Å²) in [7, 11) is 1.20. The normalized spacial score (nSPS) is 11.4. The standard InChI is InChI=1S/C10H7BrClF3O2/c1-17-9-3-6(10(13,14)15)5(2-7(9)12)8(16)4-11/h2-3H,4H2,1H3. The Morgan fingerprint density at radius 3 is 2.47 bits per heavy atom. The number of ether oxygens (including phenoxy) is 1. The molecule has 0 aliphatic rings. The molecule has 0 amide bonds. The van der Waals surface area contributed by atoms with Crippen LogP contribution in [-0.4, -0.2) is 18.2 Å². The van der Waals surface area contributed by atoms with Gasteiger partial charge in [-0.15, -0.1) is 0 Å². The van der Waals surface area contributed by atoms with Crippen LogP contribution >= 0.6 is 27.5 Å². The Morgan fingerprint density at radius 1 is 1.47 bits per heavy atom. The number of carbonyl (C=O) groups is 1. The van der Waals surface area contributed by atoms with Crippen LogP contribution in [0, 0.1) is 0 Å². The second-order valence-electron chi connectivity index (χ2n) is 3.09. The van der Waals surface area contributed by atoms with Crippen molar-refractivity contribution in [2.45, 2.75) is 6.18 Å². The highest BCUT2D eigenvalue weighted by molar-refractivity contribution is 9.09. The molecule has 0 unspecified atom stereocenters. The molecule has 0 aliphatic carbocycles. The molecule has 0 heterocycles. The first-order chi connectivity index (χ1) is 7.81. The molecule has 0 saturated carbocycles. The maximum absolute atomic E-state index is 12.7. The van der Waals surface area contributed by atoms with Gasteiger partial charge >= 0.3 is 6.18 Å². The van der Waals surface area contributed by atoms with Gasteiger partial charge in [-0.2, -0.15) is 13.2 Å². The number of benzene rings is 1. The van der Waals surface area contributed by atoms with E-state index in [2.05, 4.69) is 15.9 Å². The summed E-state index contributed by atoms with van der Waals surface area (Å²) in [5.41, 5.74) is -1.52. The lowest BCUT2D eigenvalue weighted by atomic mass is 10.0. The summed E-state index contributed by atoms with van der Waals surface area (Å²) in [5.74, 6) is -0.813. The van der Waals surface area contributed by atoms with Gasteiger partial charge in [0, 0.05) is 5.56 Å². The minimum atomic E-state index is -4.63. The average Bonchev–Trinajstić information content (AvgIpc) is 2.26. The van der Waals surface area contributed by atoms with Gasteiger partial charge in [0.1, 0.15) is 5.75 Å². The maximum Gasteiger partial charge on any atom is 0.417 e. The van der Waals surface area contributed by atoms with Crippen molar-refractivity contribution in [1.29, 1.82) is 0 Å². The van der Waals surface area contributed by atoms with Crippen LogP contribution in [0.4, 0.5) is 13.2 Å². The smallest absolute Gasteiger partial charge is 0.417 e. The topological polar surface area (TPSA) is 26.3 Å². The number of ketones is 1. The molecule has 1 rings (SSSR count). The van der Waals surface area contributed by atoms with E-state index in [0.717, 1.165) is 12.1 Å². The molecule has 1 aromatic rings. The summed E-state index contributed by atoms with van der Waals surface area (Å²) in [5, 5.41) is -0.247. The molecule has 0 radical (unpaired) electrons. The van der Waals surface area contributed by atoms with Gasteiger partial charge in [-0.05, 0) is 12.1 Å². The maximum atomic E-state index is 12.7. The number of carbonyl (C=O) groups excluding carboxylic acids is 1. The van der Waals surface area contributed by atoms with Crippen LogP contribution in [0.1, 0.15) is 15.9 Å². The van der Waals surface area contributed by atoms with E-state index in [9.17, 15) is 18.0 Å². The number of hydrogen-bond donors (Lipinski definition) is 0. The van der Waals surface area contributed by atoms with Gasteiger partial charge in [0.05, 0.1) is 23.0 Å². The van der Waals surface area contributed by atoms with Crippen molar-refractivity contribution in [2.75, 3.05) is 12.4 Å². The van der Waals surface area contributed by atoms with Gasteiger partial charge in [-0.1, -0.05) is 27.5 Å². The number of methoxy groups -OCH3 is 1. The first kappa shape index (κ1) is 14.3. The molecular formula is C10H7BrClF3O2. The molecule has 94 valence electrons. The Labute approximate surface area is 109 Å². The molecule has 0 aromatic heterocycles. The lowest BCUT2D eigenvalue weighted by Crippen LogP contribution is -2.14. The third-order valence-corrected chi connectivity index (χ3v) is 2.82. The molecule has 0 saturated heterocycles. The van der Waals surface area contributed by atoms with Crippen molar-refractivity contribution >= 4 is 33.3 Å². The molecule has 0 aliphatic heterocycles. The Balaban J connectivity index is 3.47. The van der Waals surface area contributed by atoms with Crippen molar-refractivity contribution in [3.63, 3.8) is 0 Å². The Hall–Kier alpha value is -0.750. The van der Waals surface area contributed by atoms with Crippen molar-refractivity contribution in [2.24, 2.45) is 0 Å². The van der Waals surface area contributed by atoms with Crippen LogP contribution in [-0.2, 0) is 6.18 Å². The SMILES string of the molecule is COc1cc(C(F)(F)F)c(C(=O)CBr)cc1Cl. The lowest BCUT2D eigenvalue weighted by molar-refractivity contribution is -0.138. The summed E-state index contributed by atoms with van der Waals surface area (Å²) in [6.07, 6.45) is -4.63. The zero-order valence-corrected chi connectivity index (χ0v) is 10.9. The summed E-state index contributed by atoms with van der Waals surface area (Å²) >= 11 is 8.51. The van der Waals surface area contributed by atoms with Crippen LogP contribution in [0.25, 0.3) is 0 Å². The zero-order chi connectivity index (χ0) is 13.2. The average molecular weight is 332 g/mol. The summed E-state index contributed by atoms with van der Waals surface area (Å²) in [4.78, 5) is 11.4. The molecule has 1 aromatic carbocycles. The van der Waals surface area contributed by atoms with E-state index in [1.165, 1.54) is 7.11 Å². The zero-order valence-electron chi connectivity index (χ0n) is 8.57. The number of halogens is 5. The fourth-order valence-corrected chi connectivity index (χ4v) is 1.79. The van der Waals surface area contributed by atoms with Gasteiger partial charge in [-0.3, -0.25) is 4.79 Å². The highest BCUT2D eigenvalue weighted by atomic mass is 79.9. The van der Waals surface area contributed by atoms with E-state index in [0.29, 0.717) is 0 Å². The van der Waals surface area contributed by atoms with Gasteiger partial charge in [0.15, 0.2) is 5.78 Å². The van der Waals surface area contributed by atoms with E-state index >= 15 is 0 Å². The summed E-state index contributed by atoms with van der Waals surface area (Å²) in [6, 6.07) is 1.69. The van der Waals surface area contributed by atoms with E-state index in [4.69, 9.17) is 16.3 Å². The third kappa shape index (κ3) is 3.13. The molecule has 0 atom stereocenters. The molecule has 17 heavy (non-hydrogen) atoms. The monoisotopic (exact) mass is 330 g/mol. The first-order valence-corrected chi connectivity index (χ1v) is 5.85. The minimum absolute atomic E-state index is 0.0372. The minimum Gasteiger partial charge on any atom is -0.495 e. The Bertz CT molecular complexity index is 446. The largest absolute Gasteiger partial charge is 0.495 e. The predicted molar refractivity (Wildman–Crippen MR) is 61.1 cm³/mol. The molecule has 2 nitrogen and oxygen atoms in total. The molecule has 0 bridgehead atoms. The van der Waals surface area contributed by atoms with Gasteiger partial charge in [-0.25, -0.2) is 0 Å². The van der Waals surface area contributed by atoms with Crippen molar-refractivity contribution in [3.05, 3.63) is 28.3 Å². The molecule has 0 spiro atoms. The Morgan fingerprint density at radius 2 is 2.06 bits per heavy atom. The van der Waals surface area contributed by atoms with Gasteiger partial charge in [0.25, 0.3) is 0 Å². The molecule has 0 fully saturated rings. The van der Waals surface area contributed by atoms with E-state index in [1.54, 1.807) is 0 Å². The van der Waals surface area contributed by atoms with Crippen LogP contribution in [0.2, 0.25) is 5.02 Å². The first-order valence-electron chi connectivity index (χ1n) is 4.35. The summed E-state index contributed by atoms with van der Waals surface area (Å²) in [6.45, 7) is 0. The van der Waals surface area contributed by atoms with Gasteiger partial charge in [0.2, 0.25) is 0 Å². The predicted octanol–water partition coefficient (Wildman–Crippen LogP) is 3.95. The fraction of sp³-hybridized carbons (Fsp3) is 0.300. The van der Waals surface area contributed by atoms with Crippen molar-refractivity contribution < 1.29 is 22.7 Å². The second-order valence-corrected chi connectivity index (χ2v) is 4.05. The van der Waals surface area contributed by atoms with E-state index in [1.807, 2.05) is 0 Å². The number of Topliss-reactive ketones (excluding diaryl/α,β-unsaturated/α-hetero) is 1. The fourth-order valence-electron chi connectivity index (χ4n) is 1.25. The lowest BCUT2D eigenvalue weighted by Gasteiger charge is -2.14.